The maximum atomic E-state index is 5.48. The molecule has 86 valence electrons. The molecule has 0 aromatic rings. The fourth-order valence-electron chi connectivity index (χ4n) is 1.25. The number of ether oxygens (including phenoxy) is 1. The molecule has 0 bridgehead atoms. The van der Waals surface area contributed by atoms with Crippen molar-refractivity contribution in [3.8, 4) is 0 Å². The topological polar surface area (TPSA) is 21.3 Å². The van der Waals surface area contributed by atoms with E-state index >= 15 is 0 Å². The van der Waals surface area contributed by atoms with Crippen LogP contribution in [-0.2, 0) is 4.74 Å². The summed E-state index contributed by atoms with van der Waals surface area (Å²) >= 11 is 0. The Kier molecular flexibility index (Phi) is 10.9. The molecule has 2 heteroatoms. The maximum absolute atomic E-state index is 5.48. The number of hydrogen-bond donors (Lipinski definition) is 1. The third kappa shape index (κ3) is 11.9. The van der Waals surface area contributed by atoms with Crippen LogP contribution < -0.4 is 5.32 Å². The van der Waals surface area contributed by atoms with Gasteiger partial charge in [0.25, 0.3) is 0 Å². The summed E-state index contributed by atoms with van der Waals surface area (Å²) in [5, 5.41) is 3.42. The minimum Gasteiger partial charge on any atom is -0.381 e. The fourth-order valence-corrected chi connectivity index (χ4v) is 1.25. The van der Waals surface area contributed by atoms with Gasteiger partial charge < -0.3 is 10.1 Å². The van der Waals surface area contributed by atoms with Crippen LogP contribution in [0.4, 0.5) is 0 Å². The summed E-state index contributed by atoms with van der Waals surface area (Å²) in [7, 11) is 0. The molecular formula is C12H27NO. The van der Waals surface area contributed by atoms with E-state index in [2.05, 4.69) is 26.1 Å². The van der Waals surface area contributed by atoms with Crippen molar-refractivity contribution >= 4 is 0 Å². The van der Waals surface area contributed by atoms with E-state index in [0.29, 0.717) is 6.04 Å². The molecule has 14 heavy (non-hydrogen) atoms. The second-order valence-corrected chi connectivity index (χ2v) is 4.14. The largest absolute Gasteiger partial charge is 0.381 e. The molecule has 0 amide bonds. The van der Waals surface area contributed by atoms with Crippen molar-refractivity contribution < 1.29 is 4.74 Å². The smallest absolute Gasteiger partial charge is 0.0466 e. The highest BCUT2D eigenvalue weighted by Gasteiger charge is 1.92. The average Bonchev–Trinajstić information content (AvgIpc) is 2.15. The summed E-state index contributed by atoms with van der Waals surface area (Å²) in [5.41, 5.74) is 0. The number of hydrogen-bond acceptors (Lipinski definition) is 2. The van der Waals surface area contributed by atoms with Crippen molar-refractivity contribution in [3.63, 3.8) is 0 Å². The minimum absolute atomic E-state index is 0.621. The zero-order valence-corrected chi connectivity index (χ0v) is 10.1. The van der Waals surface area contributed by atoms with E-state index in [1.165, 1.54) is 32.1 Å². The van der Waals surface area contributed by atoms with Crippen LogP contribution in [-0.4, -0.2) is 25.8 Å². The van der Waals surface area contributed by atoms with E-state index in [4.69, 9.17) is 4.74 Å². The molecule has 0 aromatic heterocycles. The highest BCUT2D eigenvalue weighted by Crippen LogP contribution is 1.96. The van der Waals surface area contributed by atoms with Gasteiger partial charge in [0.15, 0.2) is 0 Å². The quantitative estimate of drug-likeness (QED) is 0.549. The first-order chi connectivity index (χ1) is 6.77. The van der Waals surface area contributed by atoms with Crippen LogP contribution in [0.5, 0.6) is 0 Å². The van der Waals surface area contributed by atoms with Crippen molar-refractivity contribution in [2.24, 2.45) is 0 Å². The van der Waals surface area contributed by atoms with E-state index in [-0.39, 0.29) is 0 Å². The van der Waals surface area contributed by atoms with Crippen LogP contribution >= 0.6 is 0 Å². The van der Waals surface area contributed by atoms with Gasteiger partial charge in [-0.25, -0.2) is 0 Å². The van der Waals surface area contributed by atoms with Gasteiger partial charge in [-0.1, -0.05) is 27.2 Å². The summed E-state index contributed by atoms with van der Waals surface area (Å²) in [6.45, 7) is 9.61. The van der Waals surface area contributed by atoms with Gasteiger partial charge in [-0.15, -0.1) is 0 Å². The van der Waals surface area contributed by atoms with Crippen LogP contribution in [0.15, 0.2) is 0 Å². The van der Waals surface area contributed by atoms with Crippen molar-refractivity contribution in [2.45, 2.75) is 58.9 Å². The van der Waals surface area contributed by atoms with Crippen LogP contribution in [0.25, 0.3) is 0 Å². The van der Waals surface area contributed by atoms with Gasteiger partial charge in [-0.3, -0.25) is 0 Å². The predicted molar refractivity (Wildman–Crippen MR) is 62.7 cm³/mol. The zero-order chi connectivity index (χ0) is 10.6. The maximum Gasteiger partial charge on any atom is 0.0466 e. The van der Waals surface area contributed by atoms with Gasteiger partial charge in [0.2, 0.25) is 0 Å². The highest BCUT2D eigenvalue weighted by molar-refractivity contribution is 4.52. The standard InChI is InChI=1S/C12H27NO/c1-4-5-10-14-11-8-6-7-9-13-12(2)3/h12-13H,4-11H2,1-3H3. The molecule has 0 unspecified atom stereocenters. The Morgan fingerprint density at radius 2 is 1.71 bits per heavy atom. The Morgan fingerprint density at radius 1 is 1.00 bits per heavy atom. The molecule has 0 radical (unpaired) electrons. The lowest BCUT2D eigenvalue weighted by Gasteiger charge is -2.07. The van der Waals surface area contributed by atoms with Gasteiger partial charge in [0.1, 0.15) is 0 Å². The van der Waals surface area contributed by atoms with E-state index in [0.717, 1.165) is 19.8 Å². The number of unbranched alkanes of at least 4 members (excludes halogenated alkanes) is 3. The van der Waals surface area contributed by atoms with Crippen LogP contribution in [0, 0.1) is 0 Å². The lowest BCUT2D eigenvalue weighted by Crippen LogP contribution is -2.23. The third-order valence-electron chi connectivity index (χ3n) is 2.16. The van der Waals surface area contributed by atoms with Crippen molar-refractivity contribution in [1.82, 2.24) is 5.32 Å². The minimum atomic E-state index is 0.621. The van der Waals surface area contributed by atoms with Crippen LogP contribution in [0.1, 0.15) is 52.9 Å². The van der Waals surface area contributed by atoms with Gasteiger partial charge in [0.05, 0.1) is 0 Å². The predicted octanol–water partition coefficient (Wildman–Crippen LogP) is 2.97. The molecule has 2 nitrogen and oxygen atoms in total. The molecule has 0 spiro atoms. The van der Waals surface area contributed by atoms with E-state index < -0.39 is 0 Å². The van der Waals surface area contributed by atoms with Crippen molar-refractivity contribution in [2.75, 3.05) is 19.8 Å². The first kappa shape index (κ1) is 13.9. The summed E-state index contributed by atoms with van der Waals surface area (Å²) in [5.74, 6) is 0. The monoisotopic (exact) mass is 201 g/mol. The average molecular weight is 201 g/mol. The van der Waals surface area contributed by atoms with Crippen molar-refractivity contribution in [1.29, 1.82) is 0 Å². The first-order valence-corrected chi connectivity index (χ1v) is 6.08. The summed E-state index contributed by atoms with van der Waals surface area (Å²) in [6.07, 6.45) is 6.21. The Labute approximate surface area is 89.4 Å². The Hall–Kier alpha value is -0.0800. The van der Waals surface area contributed by atoms with E-state index in [1.54, 1.807) is 0 Å². The SMILES string of the molecule is CCCCOCCCCCNC(C)C. The summed E-state index contributed by atoms with van der Waals surface area (Å²) < 4.78 is 5.48. The lowest BCUT2D eigenvalue weighted by molar-refractivity contribution is 0.127. The van der Waals surface area contributed by atoms with E-state index in [9.17, 15) is 0 Å². The fraction of sp³-hybridized carbons (Fsp3) is 1.00. The van der Waals surface area contributed by atoms with Crippen LogP contribution in [0.2, 0.25) is 0 Å². The van der Waals surface area contributed by atoms with Gasteiger partial charge in [-0.05, 0) is 32.2 Å². The molecule has 0 aliphatic heterocycles. The molecule has 0 saturated heterocycles. The Balaban J connectivity index is 2.85. The summed E-state index contributed by atoms with van der Waals surface area (Å²) in [6, 6.07) is 0.621. The molecule has 0 atom stereocenters. The normalized spacial score (nSPS) is 11.1. The lowest BCUT2D eigenvalue weighted by atomic mass is 10.2. The molecule has 0 aromatic carbocycles. The molecular weight excluding hydrogens is 174 g/mol. The Bertz CT molecular complexity index is 104. The molecule has 0 aliphatic carbocycles. The van der Waals surface area contributed by atoms with Gasteiger partial charge >= 0.3 is 0 Å². The number of nitrogens with one attached hydrogen (secondary N) is 1. The third-order valence-corrected chi connectivity index (χ3v) is 2.16. The second kappa shape index (κ2) is 11.0. The molecule has 1 N–H and O–H groups in total. The number of rotatable bonds is 10. The van der Waals surface area contributed by atoms with Crippen LogP contribution in [0.3, 0.4) is 0 Å². The van der Waals surface area contributed by atoms with E-state index in [1.807, 2.05) is 0 Å². The Morgan fingerprint density at radius 3 is 2.36 bits per heavy atom. The van der Waals surface area contributed by atoms with Crippen molar-refractivity contribution in [3.05, 3.63) is 0 Å². The summed E-state index contributed by atoms with van der Waals surface area (Å²) in [4.78, 5) is 0. The molecule has 0 aliphatic rings. The molecule has 0 rings (SSSR count). The molecule has 0 saturated carbocycles. The molecule has 0 fully saturated rings. The second-order valence-electron chi connectivity index (χ2n) is 4.14. The zero-order valence-electron chi connectivity index (χ0n) is 10.1. The highest BCUT2D eigenvalue weighted by atomic mass is 16.5. The van der Waals surface area contributed by atoms with Gasteiger partial charge in [0, 0.05) is 19.3 Å². The molecule has 0 heterocycles. The first-order valence-electron chi connectivity index (χ1n) is 6.08. The van der Waals surface area contributed by atoms with Gasteiger partial charge in [-0.2, -0.15) is 0 Å².